The van der Waals surface area contributed by atoms with Gasteiger partial charge in [-0.2, -0.15) is 0 Å². The highest BCUT2D eigenvalue weighted by atomic mass is 28.4. The zero-order valence-corrected chi connectivity index (χ0v) is 30.5. The topological polar surface area (TPSA) is 115 Å². The van der Waals surface area contributed by atoms with Crippen LogP contribution in [0.4, 0.5) is 21.2 Å². The van der Waals surface area contributed by atoms with E-state index in [9.17, 15) is 19.5 Å². The summed E-state index contributed by atoms with van der Waals surface area (Å²) in [5, 5.41) is 13.8. The number of aromatic amines is 1. The minimum Gasteiger partial charge on any atom is -0.395 e. The number of nitrogens with one attached hydrogen (secondary N) is 2. The van der Waals surface area contributed by atoms with Gasteiger partial charge in [0, 0.05) is 58.6 Å². The zero-order valence-electron chi connectivity index (χ0n) is 29.5. The lowest BCUT2D eigenvalue weighted by Gasteiger charge is -2.31. The average Bonchev–Trinajstić information content (AvgIpc) is 3.75. The highest BCUT2D eigenvalue weighted by Gasteiger charge is 2.67. The van der Waals surface area contributed by atoms with E-state index in [4.69, 9.17) is 4.74 Å². The number of para-hydroxylation sites is 2. The van der Waals surface area contributed by atoms with Gasteiger partial charge in [-0.15, -0.1) is 0 Å². The van der Waals surface area contributed by atoms with Gasteiger partial charge in [0.1, 0.15) is 0 Å². The minimum atomic E-state index is -3.58. The summed E-state index contributed by atoms with van der Waals surface area (Å²) in [7, 11) is -3.58. The number of hydrogen-bond donors (Lipinski definition) is 3. The molecule has 2 aliphatic heterocycles. The van der Waals surface area contributed by atoms with Crippen molar-refractivity contribution in [2.24, 2.45) is 5.92 Å². The number of anilines is 3. The smallest absolute Gasteiger partial charge is 0.268 e. The first kappa shape index (κ1) is 35.3. The Kier molecular flexibility index (Phi) is 9.60. The molecule has 0 bridgehead atoms. The third kappa shape index (κ3) is 6.44. The third-order valence-corrected chi connectivity index (χ3v) is 13.0. The van der Waals surface area contributed by atoms with Crippen molar-refractivity contribution in [1.29, 1.82) is 0 Å². The van der Waals surface area contributed by atoms with Crippen molar-refractivity contribution in [1.82, 2.24) is 9.88 Å². The molecule has 1 saturated heterocycles. The molecule has 4 atom stereocenters. The van der Waals surface area contributed by atoms with Crippen LogP contribution in [0.1, 0.15) is 30.0 Å². The first-order chi connectivity index (χ1) is 25.0. The third-order valence-electron chi connectivity index (χ3n) is 10.5. The number of hydrogen-bond acceptors (Lipinski definition) is 5. The fraction of sp³-hybridized carbons (Fsp3) is 0.293. The maximum Gasteiger partial charge on any atom is 0.268 e. The second-order valence-electron chi connectivity index (χ2n) is 14.3. The summed E-state index contributed by atoms with van der Waals surface area (Å²) >= 11 is 0. The van der Waals surface area contributed by atoms with Gasteiger partial charge in [0.2, 0.25) is 20.2 Å². The number of aliphatic hydroxyl groups is 1. The van der Waals surface area contributed by atoms with E-state index in [0.29, 0.717) is 22.6 Å². The van der Waals surface area contributed by atoms with Crippen LogP contribution in [-0.2, 0) is 37.7 Å². The van der Waals surface area contributed by atoms with Crippen LogP contribution in [0.2, 0.25) is 18.6 Å². The Labute approximate surface area is 303 Å². The number of aliphatic hydroxyl groups excluding tert-OH is 1. The van der Waals surface area contributed by atoms with Crippen LogP contribution in [0.15, 0.2) is 109 Å². The predicted molar refractivity (Wildman–Crippen MR) is 202 cm³/mol. The van der Waals surface area contributed by atoms with E-state index in [-0.39, 0.29) is 50.3 Å². The molecule has 3 amide bonds. The SMILES string of the molecule is C[C@H]1[C@H]([Si](C)(C)F)[C@@H](CC(=O)N(CCO)Cc2ccccc2)O[C@]12C(=O)N(c1ccccc1)c1ccc(NC(=O)Cc3c[nH]c4ccccc34)cc12. The molecule has 11 heteroatoms. The van der Waals surface area contributed by atoms with Crippen molar-refractivity contribution in [3.05, 3.63) is 126 Å². The molecule has 9 nitrogen and oxygen atoms in total. The summed E-state index contributed by atoms with van der Waals surface area (Å²) in [5.41, 5.74) is 2.58. The Balaban J connectivity index is 1.24. The highest BCUT2D eigenvalue weighted by Crippen LogP contribution is 2.61. The number of H-pyrrole nitrogens is 1. The first-order valence-electron chi connectivity index (χ1n) is 17.7. The maximum atomic E-state index is 16.6. The average molecular weight is 719 g/mol. The predicted octanol–water partition coefficient (Wildman–Crippen LogP) is 7.21. The number of ether oxygens (including phenoxy) is 1. The number of amides is 3. The summed E-state index contributed by atoms with van der Waals surface area (Å²) < 4.78 is 23.4. The molecule has 4 aromatic carbocycles. The standard InChI is InChI=1S/C41H43FN4O5Si/c1-27-39(52(2,3)42)36(24-38(49)45(20-21-47)26-28-12-6-4-7-13-28)51-41(27)33-23-30(18-19-35(33)46(40(41)50)31-14-8-5-9-15-31)44-37(48)22-29-25-43-34-17-11-10-16-32(29)34/h4-19,23,25,27,36,39,43,47H,20-22,24,26H2,1-3H3,(H,44,48)/t27-,36+,39-,41+/m0/s1. The van der Waals surface area contributed by atoms with E-state index in [0.717, 1.165) is 22.0 Å². The molecule has 2 aliphatic rings. The van der Waals surface area contributed by atoms with Gasteiger partial charge in [-0.3, -0.25) is 19.3 Å². The summed E-state index contributed by atoms with van der Waals surface area (Å²) in [4.78, 5) is 48.7. The summed E-state index contributed by atoms with van der Waals surface area (Å²) in [6.07, 6.45) is 0.908. The van der Waals surface area contributed by atoms with Crippen LogP contribution in [-0.4, -0.2) is 60.4 Å². The van der Waals surface area contributed by atoms with Crippen molar-refractivity contribution >= 4 is 54.1 Å². The molecule has 268 valence electrons. The minimum absolute atomic E-state index is 0.105. The van der Waals surface area contributed by atoms with Crippen molar-refractivity contribution < 1.29 is 28.3 Å². The van der Waals surface area contributed by atoms with Crippen molar-refractivity contribution in [2.45, 2.75) is 56.7 Å². The van der Waals surface area contributed by atoms with Gasteiger partial charge < -0.3 is 29.2 Å². The number of fused-ring (bicyclic) bond motifs is 3. The number of nitrogens with zero attached hydrogens (tertiary/aromatic N) is 2. The van der Waals surface area contributed by atoms with Crippen LogP contribution in [0.5, 0.6) is 0 Å². The lowest BCUT2D eigenvalue weighted by Crippen LogP contribution is -2.44. The molecule has 52 heavy (non-hydrogen) atoms. The van der Waals surface area contributed by atoms with E-state index in [1.807, 2.05) is 98.0 Å². The Morgan fingerprint density at radius 1 is 1.00 bits per heavy atom. The van der Waals surface area contributed by atoms with E-state index >= 15 is 4.11 Å². The van der Waals surface area contributed by atoms with Gasteiger partial charge in [0.15, 0.2) is 5.60 Å². The molecular weight excluding hydrogens is 676 g/mol. The molecule has 5 aromatic rings. The van der Waals surface area contributed by atoms with E-state index in [2.05, 4.69) is 10.3 Å². The number of rotatable bonds is 11. The van der Waals surface area contributed by atoms with Crippen molar-refractivity contribution in [3.63, 3.8) is 0 Å². The van der Waals surface area contributed by atoms with E-state index in [1.54, 1.807) is 41.1 Å². The number of benzene rings is 4. The molecule has 0 aliphatic carbocycles. The Morgan fingerprint density at radius 2 is 1.69 bits per heavy atom. The molecule has 0 radical (unpaired) electrons. The Bertz CT molecular complexity index is 2100. The molecular formula is C41H43FN4O5Si. The second kappa shape index (κ2) is 14.1. The second-order valence-corrected chi connectivity index (χ2v) is 18.1. The number of carbonyl (C=O) groups excluding carboxylic acids is 3. The van der Waals surface area contributed by atoms with Gasteiger partial charge in [-0.1, -0.05) is 73.7 Å². The van der Waals surface area contributed by atoms with Gasteiger partial charge >= 0.3 is 0 Å². The Hall–Kier alpha value is -5.10. The largest absolute Gasteiger partial charge is 0.395 e. The fourth-order valence-corrected chi connectivity index (χ4v) is 10.8. The van der Waals surface area contributed by atoms with Gasteiger partial charge in [0.25, 0.3) is 5.91 Å². The lowest BCUT2D eigenvalue weighted by molar-refractivity contribution is -0.149. The molecule has 0 saturated carbocycles. The number of halogens is 1. The number of aromatic nitrogens is 1. The van der Waals surface area contributed by atoms with E-state index in [1.165, 1.54) is 0 Å². The molecule has 1 fully saturated rings. The summed E-state index contributed by atoms with van der Waals surface area (Å²) in [6, 6.07) is 31.8. The van der Waals surface area contributed by atoms with Crippen LogP contribution in [0, 0.1) is 5.92 Å². The molecule has 3 heterocycles. The zero-order chi connectivity index (χ0) is 36.6. The van der Waals surface area contributed by atoms with Gasteiger partial charge in [-0.25, -0.2) is 0 Å². The molecule has 0 unspecified atom stereocenters. The normalized spacial score (nSPS) is 21.1. The number of carbonyl (C=O) groups is 3. The maximum absolute atomic E-state index is 16.6. The lowest BCUT2D eigenvalue weighted by atomic mass is 9.82. The van der Waals surface area contributed by atoms with Gasteiger partial charge in [-0.05, 0) is 60.6 Å². The Morgan fingerprint density at radius 3 is 2.40 bits per heavy atom. The van der Waals surface area contributed by atoms with Crippen LogP contribution in [0.3, 0.4) is 0 Å². The first-order valence-corrected chi connectivity index (χ1v) is 20.6. The highest BCUT2D eigenvalue weighted by molar-refractivity contribution is 6.72. The summed E-state index contributed by atoms with van der Waals surface area (Å²) in [5.74, 6) is -1.53. The van der Waals surface area contributed by atoms with Gasteiger partial charge in [0.05, 0.1) is 31.2 Å². The van der Waals surface area contributed by atoms with Crippen LogP contribution in [0.25, 0.3) is 10.9 Å². The van der Waals surface area contributed by atoms with Crippen molar-refractivity contribution in [2.75, 3.05) is 23.4 Å². The molecule has 7 rings (SSSR count). The fourth-order valence-electron chi connectivity index (χ4n) is 8.26. The monoisotopic (exact) mass is 718 g/mol. The summed E-state index contributed by atoms with van der Waals surface area (Å²) in [6.45, 7) is 5.19. The molecule has 1 spiro atoms. The van der Waals surface area contributed by atoms with Crippen LogP contribution < -0.4 is 10.2 Å². The van der Waals surface area contributed by atoms with Crippen molar-refractivity contribution in [3.8, 4) is 0 Å². The van der Waals surface area contributed by atoms with E-state index < -0.39 is 31.6 Å². The molecule has 1 aromatic heterocycles. The van der Waals surface area contributed by atoms with Crippen LogP contribution >= 0.6 is 0 Å². The quantitative estimate of drug-likeness (QED) is 0.0987. The molecule has 3 N–H and O–H groups in total.